The zero-order valence-corrected chi connectivity index (χ0v) is 9.78. The molecule has 1 atom stereocenters. The van der Waals surface area contributed by atoms with E-state index in [0.717, 1.165) is 17.8 Å². The van der Waals surface area contributed by atoms with Crippen molar-refractivity contribution in [3.05, 3.63) is 0 Å². The molecule has 0 aromatic carbocycles. The highest BCUT2D eigenvalue weighted by atomic mass is 16.4. The van der Waals surface area contributed by atoms with Crippen LogP contribution in [0.1, 0.15) is 44.9 Å². The fourth-order valence-corrected chi connectivity index (χ4v) is 5.10. The van der Waals surface area contributed by atoms with Gasteiger partial charge in [-0.1, -0.05) is 0 Å². The molecule has 4 rings (SSSR count). The van der Waals surface area contributed by atoms with Gasteiger partial charge in [-0.2, -0.15) is 0 Å². The van der Waals surface area contributed by atoms with Crippen molar-refractivity contribution in [2.45, 2.75) is 51.0 Å². The molecule has 4 fully saturated rings. The fraction of sp³-hybridized carbons (Fsp3) is 0.923. The van der Waals surface area contributed by atoms with Gasteiger partial charge in [-0.25, -0.2) is 0 Å². The van der Waals surface area contributed by atoms with Crippen LogP contribution in [0.25, 0.3) is 0 Å². The Bertz CT molecular complexity index is 278. The standard InChI is InChI=1S/C13H21NO2/c14-11(4-12(15)16)13-5-8-1-9(6-13)3-10(2-8)7-13/h8-11H,1-7,14H2,(H,15,16)/t8?,9?,10?,11-,13?/m0/s1. The highest BCUT2D eigenvalue weighted by molar-refractivity contribution is 5.65. The molecule has 3 nitrogen and oxygen atoms in total. The summed E-state index contributed by atoms with van der Waals surface area (Å²) in [6, 6.07) is 0.0749. The molecule has 0 radical (unpaired) electrons. The molecule has 4 aliphatic rings. The molecule has 0 heterocycles. The van der Waals surface area contributed by atoms with Crippen molar-refractivity contribution in [3.63, 3.8) is 0 Å². The maximum absolute atomic E-state index is 10.8. The van der Waals surface area contributed by atoms with Gasteiger partial charge in [0.15, 0.2) is 0 Å². The Balaban J connectivity index is 1.80. The lowest BCUT2D eigenvalue weighted by atomic mass is 9.47. The first-order valence-corrected chi connectivity index (χ1v) is 6.60. The third-order valence-electron chi connectivity index (χ3n) is 5.36. The summed E-state index contributed by atoms with van der Waals surface area (Å²) in [5.41, 5.74) is 4.41. The van der Waals surface area contributed by atoms with Crippen molar-refractivity contribution >= 4 is 5.97 Å². The normalized spacial score (nSPS) is 46.9. The molecule has 16 heavy (non-hydrogen) atoms. The predicted octanol–water partition coefficient (Wildman–Crippen LogP) is -0.0467. The summed E-state index contributed by atoms with van der Waals surface area (Å²) >= 11 is 0. The second kappa shape index (κ2) is 3.46. The summed E-state index contributed by atoms with van der Waals surface area (Å²) in [4.78, 5) is 10.8. The summed E-state index contributed by atoms with van der Waals surface area (Å²) < 4.78 is 0. The van der Waals surface area contributed by atoms with Crippen molar-refractivity contribution < 1.29 is 15.6 Å². The van der Waals surface area contributed by atoms with Gasteiger partial charge in [-0.15, -0.1) is 0 Å². The molecule has 0 saturated heterocycles. The quantitative estimate of drug-likeness (QED) is 0.729. The topological polar surface area (TPSA) is 67.8 Å². The Morgan fingerprint density at radius 3 is 2.00 bits per heavy atom. The van der Waals surface area contributed by atoms with Crippen LogP contribution in [-0.2, 0) is 4.79 Å². The van der Waals surface area contributed by atoms with Crippen LogP contribution in [-0.4, -0.2) is 12.0 Å². The van der Waals surface area contributed by atoms with E-state index in [0.29, 0.717) is 0 Å². The van der Waals surface area contributed by atoms with Crippen LogP contribution in [0.5, 0.6) is 0 Å². The molecule has 0 aromatic rings. The Labute approximate surface area is 96.4 Å². The highest BCUT2D eigenvalue weighted by Crippen LogP contribution is 2.60. The van der Waals surface area contributed by atoms with Gasteiger partial charge < -0.3 is 15.6 Å². The molecule has 3 N–H and O–H groups in total. The maximum Gasteiger partial charge on any atom is 0.0953 e. The Kier molecular flexibility index (Phi) is 2.29. The van der Waals surface area contributed by atoms with Gasteiger partial charge in [-0.3, -0.25) is 0 Å². The van der Waals surface area contributed by atoms with Crippen LogP contribution in [0.15, 0.2) is 0 Å². The Hall–Kier alpha value is -0.570. The molecule has 0 aromatic heterocycles. The molecule has 4 bridgehead atoms. The third kappa shape index (κ3) is 1.56. The number of hydrogen-bond acceptors (Lipinski definition) is 2. The number of carbonyl (C=O) groups is 1. The van der Waals surface area contributed by atoms with Crippen molar-refractivity contribution in [3.8, 4) is 0 Å². The smallest absolute Gasteiger partial charge is 0.0953 e. The minimum Gasteiger partial charge on any atom is -0.550 e. The van der Waals surface area contributed by atoms with Gasteiger partial charge >= 0.3 is 0 Å². The van der Waals surface area contributed by atoms with E-state index in [9.17, 15) is 9.90 Å². The second-order valence-corrected chi connectivity index (χ2v) is 6.55. The van der Waals surface area contributed by atoms with E-state index in [2.05, 4.69) is 5.73 Å². The van der Waals surface area contributed by atoms with Crippen LogP contribution in [0.3, 0.4) is 0 Å². The number of quaternary nitrogens is 1. The van der Waals surface area contributed by atoms with E-state index >= 15 is 0 Å². The number of carboxylic acids is 1. The molecule has 0 amide bonds. The average molecular weight is 223 g/mol. The lowest BCUT2D eigenvalue weighted by molar-refractivity contribution is -0.460. The monoisotopic (exact) mass is 223 g/mol. The van der Waals surface area contributed by atoms with Crippen LogP contribution in [0.2, 0.25) is 0 Å². The Morgan fingerprint density at radius 1 is 1.19 bits per heavy atom. The lowest BCUT2D eigenvalue weighted by Gasteiger charge is -2.57. The van der Waals surface area contributed by atoms with E-state index in [1.54, 1.807) is 0 Å². The second-order valence-electron chi connectivity index (χ2n) is 6.55. The van der Waals surface area contributed by atoms with E-state index in [4.69, 9.17) is 0 Å². The van der Waals surface area contributed by atoms with E-state index in [-0.39, 0.29) is 17.9 Å². The number of carboxylic acid groups (broad SMARTS) is 1. The number of hydrogen-bond donors (Lipinski definition) is 1. The van der Waals surface area contributed by atoms with Crippen LogP contribution in [0, 0.1) is 23.2 Å². The average Bonchev–Trinajstić information content (AvgIpc) is 2.13. The molecule has 4 aliphatic carbocycles. The van der Waals surface area contributed by atoms with Gasteiger partial charge in [0, 0.05) is 17.8 Å². The van der Waals surface area contributed by atoms with E-state index < -0.39 is 5.97 Å². The molecule has 4 saturated carbocycles. The highest BCUT2D eigenvalue weighted by Gasteiger charge is 2.54. The first kappa shape index (κ1) is 10.6. The number of carbonyl (C=O) groups excluding carboxylic acids is 1. The minimum atomic E-state index is -0.921. The minimum absolute atomic E-state index is 0.0749. The van der Waals surface area contributed by atoms with E-state index in [1.165, 1.54) is 38.5 Å². The van der Waals surface area contributed by atoms with Crippen LogP contribution < -0.4 is 10.8 Å². The lowest BCUT2D eigenvalue weighted by Crippen LogP contribution is -2.72. The van der Waals surface area contributed by atoms with Crippen molar-refractivity contribution in [1.29, 1.82) is 0 Å². The van der Waals surface area contributed by atoms with Gasteiger partial charge in [0.05, 0.1) is 6.04 Å². The molecule has 0 aliphatic heterocycles. The molecule has 90 valence electrons. The summed E-state index contributed by atoms with van der Waals surface area (Å²) in [5.74, 6) is 1.70. The molecule has 3 heteroatoms. The van der Waals surface area contributed by atoms with Gasteiger partial charge in [0.2, 0.25) is 0 Å². The summed E-state index contributed by atoms with van der Waals surface area (Å²) in [6.45, 7) is 0. The summed E-state index contributed by atoms with van der Waals surface area (Å²) in [5, 5.41) is 10.8. The Morgan fingerprint density at radius 2 is 1.62 bits per heavy atom. The summed E-state index contributed by atoms with van der Waals surface area (Å²) in [7, 11) is 0. The van der Waals surface area contributed by atoms with Gasteiger partial charge in [0.1, 0.15) is 0 Å². The molecular weight excluding hydrogens is 202 g/mol. The van der Waals surface area contributed by atoms with Crippen molar-refractivity contribution in [2.75, 3.05) is 0 Å². The van der Waals surface area contributed by atoms with Crippen molar-refractivity contribution in [1.82, 2.24) is 0 Å². The number of rotatable bonds is 3. The molecular formula is C13H21NO2. The zero-order valence-electron chi connectivity index (χ0n) is 9.78. The maximum atomic E-state index is 10.8. The van der Waals surface area contributed by atoms with Crippen LogP contribution >= 0.6 is 0 Å². The van der Waals surface area contributed by atoms with Crippen molar-refractivity contribution in [2.24, 2.45) is 23.2 Å². The van der Waals surface area contributed by atoms with Gasteiger partial charge in [-0.05, 0) is 56.3 Å². The first-order chi connectivity index (χ1) is 7.57. The van der Waals surface area contributed by atoms with Gasteiger partial charge in [0.25, 0.3) is 0 Å². The largest absolute Gasteiger partial charge is 0.550 e. The molecule has 0 spiro atoms. The summed E-state index contributed by atoms with van der Waals surface area (Å²) in [6.07, 6.45) is 8.07. The fourth-order valence-electron chi connectivity index (χ4n) is 5.10. The number of aliphatic carboxylic acids is 1. The van der Waals surface area contributed by atoms with E-state index in [1.807, 2.05) is 0 Å². The molecule has 0 unspecified atom stereocenters. The SMILES string of the molecule is [NH3+][C@@H](CC(=O)[O-])C12CC3CC(CC(C3)C1)C2. The zero-order chi connectivity index (χ0) is 11.3. The van der Waals surface area contributed by atoms with Crippen LogP contribution in [0.4, 0.5) is 0 Å². The first-order valence-electron chi connectivity index (χ1n) is 6.60. The predicted molar refractivity (Wildman–Crippen MR) is 56.9 cm³/mol. The third-order valence-corrected chi connectivity index (χ3v) is 5.36.